The predicted molar refractivity (Wildman–Crippen MR) is 68.3 cm³/mol. The zero-order chi connectivity index (χ0) is 13.2. The third kappa shape index (κ3) is 2.38. The topological polar surface area (TPSA) is 42.2 Å². The van der Waals surface area contributed by atoms with Gasteiger partial charge in [-0.1, -0.05) is 0 Å². The lowest BCUT2D eigenvalue weighted by Gasteiger charge is -2.22. The first-order valence-electron chi connectivity index (χ1n) is 6.37. The summed E-state index contributed by atoms with van der Waals surface area (Å²) in [6.45, 7) is 0. The lowest BCUT2D eigenvalue weighted by atomic mass is 9.93. The van der Waals surface area contributed by atoms with Crippen molar-refractivity contribution >= 4 is 5.91 Å². The molecule has 1 N–H and O–H groups in total. The number of aryl methyl sites for hydroxylation is 1. The summed E-state index contributed by atoms with van der Waals surface area (Å²) < 4.78 is 18.2. The van der Waals surface area contributed by atoms with Crippen LogP contribution in [0.4, 0.5) is 4.39 Å². The third-order valence-corrected chi connectivity index (χ3v) is 3.46. The van der Waals surface area contributed by atoms with Gasteiger partial charge in [-0.15, -0.1) is 0 Å². The second kappa shape index (κ2) is 4.88. The second-order valence-electron chi connectivity index (χ2n) is 4.72. The molecule has 1 aromatic carbocycles. The molecule has 3 rings (SSSR count). The summed E-state index contributed by atoms with van der Waals surface area (Å²) in [6.07, 6.45) is 4.48. The van der Waals surface area contributed by atoms with E-state index in [0.29, 0.717) is 5.56 Å². The molecular formula is C15H14FNO2. The van der Waals surface area contributed by atoms with Crippen LogP contribution in [-0.4, -0.2) is 5.91 Å². The highest BCUT2D eigenvalue weighted by Gasteiger charge is 2.24. The van der Waals surface area contributed by atoms with E-state index in [-0.39, 0.29) is 17.8 Å². The number of nitrogens with one attached hydrogen (secondary N) is 1. The van der Waals surface area contributed by atoms with Crippen LogP contribution < -0.4 is 5.32 Å². The standard InChI is InChI=1S/C15H14FNO2/c16-11-6-4-10(5-7-11)15(18)17-13-2-1-3-14-12(13)8-9-19-14/h4-9,13H,1-3H2,(H,17,18)/t13-/m0/s1. The van der Waals surface area contributed by atoms with Gasteiger partial charge in [-0.2, -0.15) is 0 Å². The molecule has 3 nitrogen and oxygen atoms in total. The van der Waals surface area contributed by atoms with Gasteiger partial charge < -0.3 is 9.73 Å². The Morgan fingerprint density at radius 3 is 2.84 bits per heavy atom. The fourth-order valence-corrected chi connectivity index (χ4v) is 2.48. The average Bonchev–Trinajstić information content (AvgIpc) is 2.89. The zero-order valence-electron chi connectivity index (χ0n) is 10.4. The Bertz CT molecular complexity index is 588. The molecular weight excluding hydrogens is 245 g/mol. The third-order valence-electron chi connectivity index (χ3n) is 3.46. The summed E-state index contributed by atoms with van der Waals surface area (Å²) in [6, 6.07) is 7.45. The van der Waals surface area contributed by atoms with Gasteiger partial charge in [0.25, 0.3) is 5.91 Å². The lowest BCUT2D eigenvalue weighted by molar-refractivity contribution is 0.0932. The van der Waals surface area contributed by atoms with E-state index in [4.69, 9.17) is 4.42 Å². The molecule has 0 spiro atoms. The summed E-state index contributed by atoms with van der Waals surface area (Å²) in [5.41, 5.74) is 1.53. The number of carbonyl (C=O) groups excluding carboxylic acids is 1. The summed E-state index contributed by atoms with van der Waals surface area (Å²) in [4.78, 5) is 12.1. The number of furan rings is 1. The Morgan fingerprint density at radius 1 is 1.26 bits per heavy atom. The van der Waals surface area contributed by atoms with E-state index < -0.39 is 0 Å². The van der Waals surface area contributed by atoms with E-state index in [2.05, 4.69) is 5.32 Å². The monoisotopic (exact) mass is 259 g/mol. The zero-order valence-corrected chi connectivity index (χ0v) is 10.4. The molecule has 1 amide bonds. The van der Waals surface area contributed by atoms with Gasteiger partial charge in [-0.3, -0.25) is 4.79 Å². The quantitative estimate of drug-likeness (QED) is 0.899. The molecule has 98 valence electrons. The van der Waals surface area contributed by atoms with Gasteiger partial charge in [0, 0.05) is 17.5 Å². The highest BCUT2D eigenvalue weighted by molar-refractivity contribution is 5.94. The molecule has 0 aliphatic heterocycles. The number of hydrogen-bond donors (Lipinski definition) is 1. The molecule has 2 aromatic rings. The van der Waals surface area contributed by atoms with Crippen LogP contribution in [-0.2, 0) is 6.42 Å². The second-order valence-corrected chi connectivity index (χ2v) is 4.72. The Hall–Kier alpha value is -2.10. The van der Waals surface area contributed by atoms with Crippen molar-refractivity contribution < 1.29 is 13.6 Å². The molecule has 0 radical (unpaired) electrons. The summed E-state index contributed by atoms with van der Waals surface area (Å²) in [5, 5.41) is 2.98. The molecule has 0 saturated heterocycles. The van der Waals surface area contributed by atoms with Gasteiger partial charge in [0.1, 0.15) is 11.6 Å². The maximum Gasteiger partial charge on any atom is 0.251 e. The van der Waals surface area contributed by atoms with Crippen LogP contribution in [0.5, 0.6) is 0 Å². The molecule has 4 heteroatoms. The summed E-state index contributed by atoms with van der Waals surface area (Å²) >= 11 is 0. The highest BCUT2D eigenvalue weighted by Crippen LogP contribution is 2.30. The molecule has 1 aliphatic rings. The average molecular weight is 259 g/mol. The molecule has 0 saturated carbocycles. The van der Waals surface area contributed by atoms with Crippen LogP contribution >= 0.6 is 0 Å². The van der Waals surface area contributed by atoms with Crippen LogP contribution in [0.1, 0.15) is 40.6 Å². The van der Waals surface area contributed by atoms with Crippen LogP contribution in [0, 0.1) is 5.82 Å². The van der Waals surface area contributed by atoms with Crippen molar-refractivity contribution in [3.8, 4) is 0 Å². The Morgan fingerprint density at radius 2 is 2.05 bits per heavy atom. The smallest absolute Gasteiger partial charge is 0.251 e. The number of fused-ring (bicyclic) bond motifs is 1. The first-order valence-corrected chi connectivity index (χ1v) is 6.37. The summed E-state index contributed by atoms with van der Waals surface area (Å²) in [5.74, 6) is 0.432. The Labute approximate surface area is 110 Å². The highest BCUT2D eigenvalue weighted by atomic mass is 19.1. The van der Waals surface area contributed by atoms with E-state index in [0.717, 1.165) is 30.6 Å². The van der Waals surface area contributed by atoms with Crippen molar-refractivity contribution in [2.75, 3.05) is 0 Å². The largest absolute Gasteiger partial charge is 0.469 e. The van der Waals surface area contributed by atoms with E-state index in [1.165, 1.54) is 24.3 Å². The van der Waals surface area contributed by atoms with Gasteiger partial charge in [0.15, 0.2) is 0 Å². The number of benzene rings is 1. The first kappa shape index (κ1) is 12.0. The maximum atomic E-state index is 12.8. The molecule has 1 aromatic heterocycles. The number of amides is 1. The van der Waals surface area contributed by atoms with E-state index in [1.807, 2.05) is 6.07 Å². The minimum absolute atomic E-state index is 0.0138. The molecule has 1 heterocycles. The molecule has 0 fully saturated rings. The van der Waals surface area contributed by atoms with Crippen molar-refractivity contribution in [2.45, 2.75) is 25.3 Å². The fraction of sp³-hybridized carbons (Fsp3) is 0.267. The van der Waals surface area contributed by atoms with Crippen LogP contribution in [0.25, 0.3) is 0 Å². The number of carbonyl (C=O) groups is 1. The van der Waals surface area contributed by atoms with Crippen molar-refractivity contribution in [3.63, 3.8) is 0 Å². The van der Waals surface area contributed by atoms with Crippen molar-refractivity contribution in [2.24, 2.45) is 0 Å². The summed E-state index contributed by atoms with van der Waals surface area (Å²) in [7, 11) is 0. The van der Waals surface area contributed by atoms with Gasteiger partial charge in [-0.25, -0.2) is 4.39 Å². The van der Waals surface area contributed by atoms with Gasteiger partial charge in [-0.05, 0) is 43.2 Å². The maximum absolute atomic E-state index is 12.8. The SMILES string of the molecule is O=C(N[C@H]1CCCc2occc21)c1ccc(F)cc1. The Kier molecular flexibility index (Phi) is 3.07. The van der Waals surface area contributed by atoms with Crippen LogP contribution in [0.3, 0.4) is 0 Å². The van der Waals surface area contributed by atoms with Crippen molar-refractivity contribution in [3.05, 3.63) is 59.3 Å². The normalized spacial score (nSPS) is 17.8. The fourth-order valence-electron chi connectivity index (χ4n) is 2.48. The van der Waals surface area contributed by atoms with E-state index in [1.54, 1.807) is 6.26 Å². The molecule has 19 heavy (non-hydrogen) atoms. The minimum atomic E-state index is -0.341. The minimum Gasteiger partial charge on any atom is -0.469 e. The van der Waals surface area contributed by atoms with E-state index in [9.17, 15) is 9.18 Å². The van der Waals surface area contributed by atoms with Crippen LogP contribution in [0.15, 0.2) is 41.0 Å². The molecule has 1 aliphatic carbocycles. The van der Waals surface area contributed by atoms with E-state index >= 15 is 0 Å². The molecule has 0 unspecified atom stereocenters. The molecule has 1 atom stereocenters. The first-order chi connectivity index (χ1) is 9.24. The van der Waals surface area contributed by atoms with Crippen molar-refractivity contribution in [1.82, 2.24) is 5.32 Å². The van der Waals surface area contributed by atoms with Gasteiger partial charge >= 0.3 is 0 Å². The number of halogens is 1. The van der Waals surface area contributed by atoms with Crippen LogP contribution in [0.2, 0.25) is 0 Å². The number of hydrogen-bond acceptors (Lipinski definition) is 2. The number of rotatable bonds is 2. The Balaban J connectivity index is 1.76. The van der Waals surface area contributed by atoms with Gasteiger partial charge in [0.05, 0.1) is 12.3 Å². The van der Waals surface area contributed by atoms with Gasteiger partial charge in [0.2, 0.25) is 0 Å². The lowest BCUT2D eigenvalue weighted by Crippen LogP contribution is -2.30. The predicted octanol–water partition coefficient (Wildman–Crippen LogP) is 3.23. The molecule has 0 bridgehead atoms. The van der Waals surface area contributed by atoms with Crippen molar-refractivity contribution in [1.29, 1.82) is 0 Å².